The Bertz CT molecular complexity index is 228. The Morgan fingerprint density at radius 2 is 1.77 bits per heavy atom. The lowest BCUT2D eigenvalue weighted by molar-refractivity contribution is -0.119. The summed E-state index contributed by atoms with van der Waals surface area (Å²) in [5.74, 6) is -1.07. The summed E-state index contributed by atoms with van der Waals surface area (Å²) in [6.45, 7) is 2.66. The van der Waals surface area contributed by atoms with Gasteiger partial charge < -0.3 is 11.1 Å². The molecule has 0 saturated heterocycles. The molecule has 0 radical (unpaired) electrons. The summed E-state index contributed by atoms with van der Waals surface area (Å²) in [5, 5.41) is 2.20. The van der Waals surface area contributed by atoms with Crippen LogP contribution in [0.15, 0.2) is 0 Å². The third kappa shape index (κ3) is 5.48. The first-order valence-corrected chi connectivity index (χ1v) is 3.56. The predicted octanol–water partition coefficient (Wildman–Crippen LogP) is -1.79. The van der Waals surface area contributed by atoms with Gasteiger partial charge in [-0.05, 0) is 6.92 Å². The number of carbonyl (C=O) groups is 3. The number of nitrogens with one attached hydrogen (secondary N) is 3. The normalized spacial score (nSPS) is 11.2. The number of urea groups is 1. The number of hydrogen-bond donors (Lipinski definition) is 4. The molecule has 0 saturated carbocycles. The van der Waals surface area contributed by atoms with Gasteiger partial charge in [0, 0.05) is 6.92 Å². The van der Waals surface area contributed by atoms with Crippen molar-refractivity contribution in [1.82, 2.24) is 16.2 Å². The molecule has 0 rings (SSSR count). The summed E-state index contributed by atoms with van der Waals surface area (Å²) in [6.07, 6.45) is 0. The van der Waals surface area contributed by atoms with Gasteiger partial charge in [-0.2, -0.15) is 0 Å². The Hall–Kier alpha value is -1.79. The number of hydrogen-bond acceptors (Lipinski definition) is 3. The molecule has 0 aromatic carbocycles. The third-order valence-electron chi connectivity index (χ3n) is 1.13. The molecule has 0 unspecified atom stereocenters. The van der Waals surface area contributed by atoms with Gasteiger partial charge in [-0.3, -0.25) is 15.0 Å². The number of carbonyl (C=O) groups excluding carboxylic acids is 3. The minimum atomic E-state index is -0.784. The molecule has 5 N–H and O–H groups in total. The van der Waals surface area contributed by atoms with E-state index in [1.807, 2.05) is 10.9 Å². The van der Waals surface area contributed by atoms with E-state index in [0.29, 0.717) is 0 Å². The molecule has 0 fully saturated rings. The van der Waals surface area contributed by atoms with Gasteiger partial charge in [-0.1, -0.05) is 0 Å². The van der Waals surface area contributed by atoms with E-state index in [-0.39, 0.29) is 0 Å². The Morgan fingerprint density at radius 3 is 2.15 bits per heavy atom. The summed E-state index contributed by atoms with van der Waals surface area (Å²) < 4.78 is 0. The van der Waals surface area contributed by atoms with E-state index in [2.05, 4.69) is 5.32 Å². The molecule has 74 valence electrons. The Labute approximate surface area is 75.0 Å². The van der Waals surface area contributed by atoms with Crippen LogP contribution in [0.5, 0.6) is 0 Å². The van der Waals surface area contributed by atoms with Crippen LogP contribution in [-0.2, 0) is 9.59 Å². The van der Waals surface area contributed by atoms with Crippen LogP contribution in [0.3, 0.4) is 0 Å². The number of nitrogens with two attached hydrogens (primary N) is 1. The highest BCUT2D eigenvalue weighted by atomic mass is 16.2. The maximum Gasteiger partial charge on any atom is 0.334 e. The number of primary amides is 1. The lowest BCUT2D eigenvalue weighted by Gasteiger charge is -2.10. The summed E-state index contributed by atoms with van der Waals surface area (Å²) in [5.41, 5.74) is 8.92. The second kappa shape index (κ2) is 4.96. The van der Waals surface area contributed by atoms with Crippen LogP contribution in [0.4, 0.5) is 4.79 Å². The van der Waals surface area contributed by atoms with Crippen molar-refractivity contribution in [2.75, 3.05) is 0 Å². The molecule has 0 aliphatic carbocycles. The highest BCUT2D eigenvalue weighted by Crippen LogP contribution is 1.77. The lowest BCUT2D eigenvalue weighted by atomic mass is 10.3. The van der Waals surface area contributed by atoms with Crippen LogP contribution < -0.4 is 21.9 Å². The molecule has 0 bridgehead atoms. The Morgan fingerprint density at radius 1 is 1.23 bits per heavy atom. The first-order valence-electron chi connectivity index (χ1n) is 3.56. The van der Waals surface area contributed by atoms with Gasteiger partial charge in [0.25, 0.3) is 0 Å². The first kappa shape index (κ1) is 11.2. The van der Waals surface area contributed by atoms with Crippen molar-refractivity contribution < 1.29 is 14.4 Å². The smallest absolute Gasteiger partial charge is 0.334 e. The zero-order chi connectivity index (χ0) is 10.4. The van der Waals surface area contributed by atoms with Gasteiger partial charge in [0.2, 0.25) is 11.8 Å². The van der Waals surface area contributed by atoms with E-state index in [1.54, 1.807) is 0 Å². The monoisotopic (exact) mass is 188 g/mol. The molecule has 0 heterocycles. The molecule has 7 nitrogen and oxygen atoms in total. The fraction of sp³-hybridized carbons (Fsp3) is 0.500. The van der Waals surface area contributed by atoms with Crippen LogP contribution in [0.25, 0.3) is 0 Å². The molecule has 1 atom stereocenters. The molecule has 0 aliphatic heterocycles. The standard InChI is InChI=1S/C6H12N4O3/c1-3(5(7)12)8-6(13)10-9-4(2)11/h3H,1-2H3,(H2,7,12)(H,9,11)(H2,8,10,13)/t3-/m1/s1. The van der Waals surface area contributed by atoms with Gasteiger partial charge in [-0.15, -0.1) is 0 Å². The van der Waals surface area contributed by atoms with E-state index in [4.69, 9.17) is 5.73 Å². The molecule has 13 heavy (non-hydrogen) atoms. The van der Waals surface area contributed by atoms with E-state index < -0.39 is 23.9 Å². The van der Waals surface area contributed by atoms with E-state index in [1.165, 1.54) is 13.8 Å². The topological polar surface area (TPSA) is 113 Å². The quantitative estimate of drug-likeness (QED) is 0.384. The zero-order valence-electron chi connectivity index (χ0n) is 7.38. The van der Waals surface area contributed by atoms with Gasteiger partial charge in [-0.25, -0.2) is 10.2 Å². The van der Waals surface area contributed by atoms with Crippen LogP contribution in [0, 0.1) is 0 Å². The van der Waals surface area contributed by atoms with Crippen molar-refractivity contribution in [3.63, 3.8) is 0 Å². The average Bonchev–Trinajstić information content (AvgIpc) is 2.00. The minimum absolute atomic E-state index is 0.415. The van der Waals surface area contributed by atoms with Gasteiger partial charge in [0.05, 0.1) is 0 Å². The van der Waals surface area contributed by atoms with Gasteiger partial charge >= 0.3 is 6.03 Å². The molecule has 0 aromatic rings. The van der Waals surface area contributed by atoms with Crippen molar-refractivity contribution in [2.24, 2.45) is 5.73 Å². The average molecular weight is 188 g/mol. The van der Waals surface area contributed by atoms with Crippen molar-refractivity contribution in [2.45, 2.75) is 19.9 Å². The van der Waals surface area contributed by atoms with Crippen molar-refractivity contribution >= 4 is 17.8 Å². The van der Waals surface area contributed by atoms with Crippen LogP contribution in [0.2, 0.25) is 0 Å². The summed E-state index contributed by atoms with van der Waals surface area (Å²) in [7, 11) is 0. The fourth-order valence-electron chi connectivity index (χ4n) is 0.449. The lowest BCUT2D eigenvalue weighted by Crippen LogP contribution is -2.51. The number of amides is 4. The van der Waals surface area contributed by atoms with Crippen molar-refractivity contribution in [1.29, 1.82) is 0 Å². The summed E-state index contributed by atoms with van der Waals surface area (Å²) in [6, 6.07) is -1.48. The second-order valence-electron chi connectivity index (χ2n) is 2.40. The maximum absolute atomic E-state index is 10.8. The first-order chi connectivity index (χ1) is 5.93. The number of rotatable bonds is 2. The fourth-order valence-corrected chi connectivity index (χ4v) is 0.449. The van der Waals surface area contributed by atoms with Crippen LogP contribution >= 0.6 is 0 Å². The maximum atomic E-state index is 10.8. The highest BCUT2D eigenvalue weighted by Gasteiger charge is 2.11. The predicted molar refractivity (Wildman–Crippen MR) is 44.1 cm³/mol. The third-order valence-corrected chi connectivity index (χ3v) is 1.13. The molecular weight excluding hydrogens is 176 g/mol. The van der Waals surface area contributed by atoms with E-state index in [0.717, 1.165) is 0 Å². The van der Waals surface area contributed by atoms with Crippen molar-refractivity contribution in [3.05, 3.63) is 0 Å². The largest absolute Gasteiger partial charge is 0.368 e. The Kier molecular flexibility index (Phi) is 4.28. The molecule has 0 spiro atoms. The summed E-state index contributed by atoms with van der Waals surface area (Å²) in [4.78, 5) is 31.6. The molecule has 0 aromatic heterocycles. The van der Waals surface area contributed by atoms with Crippen LogP contribution in [0.1, 0.15) is 13.8 Å². The molecule has 0 aliphatic rings. The highest BCUT2D eigenvalue weighted by molar-refractivity contribution is 5.86. The van der Waals surface area contributed by atoms with Crippen molar-refractivity contribution in [3.8, 4) is 0 Å². The molecular formula is C6H12N4O3. The van der Waals surface area contributed by atoms with E-state index in [9.17, 15) is 14.4 Å². The second-order valence-corrected chi connectivity index (χ2v) is 2.40. The minimum Gasteiger partial charge on any atom is -0.368 e. The zero-order valence-corrected chi connectivity index (χ0v) is 7.38. The van der Waals surface area contributed by atoms with E-state index >= 15 is 0 Å². The van der Waals surface area contributed by atoms with Crippen LogP contribution in [-0.4, -0.2) is 23.9 Å². The van der Waals surface area contributed by atoms with Gasteiger partial charge in [0.15, 0.2) is 0 Å². The number of hydrazine groups is 1. The Balaban J connectivity index is 3.74. The SMILES string of the molecule is CC(=O)NNC(=O)N[C@H](C)C(N)=O. The summed E-state index contributed by atoms with van der Waals surface area (Å²) >= 11 is 0. The molecule has 7 heteroatoms. The molecule has 4 amide bonds. The van der Waals surface area contributed by atoms with Gasteiger partial charge in [0.1, 0.15) is 6.04 Å².